The topological polar surface area (TPSA) is 58.6 Å². The molecule has 1 saturated heterocycles. The van der Waals surface area contributed by atoms with E-state index in [0.29, 0.717) is 13.0 Å². The third-order valence-corrected chi connectivity index (χ3v) is 4.66. The summed E-state index contributed by atoms with van der Waals surface area (Å²) in [5.74, 6) is -0.971. The van der Waals surface area contributed by atoms with Crippen LogP contribution in [0.1, 0.15) is 36.4 Å². The smallest absolute Gasteiger partial charge is 0.307 e. The van der Waals surface area contributed by atoms with E-state index in [9.17, 15) is 4.79 Å². The van der Waals surface area contributed by atoms with Crippen LogP contribution in [-0.2, 0) is 14.9 Å². The van der Waals surface area contributed by atoms with Crippen LogP contribution in [0.5, 0.6) is 0 Å². The first-order valence-corrected chi connectivity index (χ1v) is 7.21. The van der Waals surface area contributed by atoms with Gasteiger partial charge in [-0.05, 0) is 30.4 Å². The summed E-state index contributed by atoms with van der Waals surface area (Å²) in [6, 6.07) is 8.57. The molecule has 2 fully saturated rings. The Hall–Kier alpha value is -1.39. The highest BCUT2D eigenvalue weighted by molar-refractivity contribution is 5.71. The van der Waals surface area contributed by atoms with Crippen LogP contribution in [0, 0.1) is 5.92 Å². The molecule has 4 heteroatoms. The summed E-state index contributed by atoms with van der Waals surface area (Å²) in [6.07, 6.45) is 3.00. The average molecular weight is 275 g/mol. The molecular weight excluding hydrogens is 254 g/mol. The third-order valence-electron chi connectivity index (χ3n) is 4.66. The molecule has 1 heterocycles. The number of ether oxygens (including phenoxy) is 1. The highest BCUT2D eigenvalue weighted by Crippen LogP contribution is 2.51. The highest BCUT2D eigenvalue weighted by atomic mass is 16.5. The minimum atomic E-state index is -0.699. The number of hydrogen-bond acceptors (Lipinski definition) is 3. The van der Waals surface area contributed by atoms with Gasteiger partial charge in [-0.25, -0.2) is 0 Å². The van der Waals surface area contributed by atoms with Crippen molar-refractivity contribution in [3.63, 3.8) is 0 Å². The molecule has 0 amide bonds. The molecule has 0 spiro atoms. The van der Waals surface area contributed by atoms with E-state index in [1.807, 2.05) is 6.07 Å². The molecule has 1 saturated carbocycles. The van der Waals surface area contributed by atoms with Crippen molar-refractivity contribution in [1.29, 1.82) is 0 Å². The lowest BCUT2D eigenvalue weighted by Crippen LogP contribution is -2.21. The minimum absolute atomic E-state index is 0.154. The van der Waals surface area contributed by atoms with Crippen molar-refractivity contribution in [2.75, 3.05) is 20.3 Å². The molecule has 2 aliphatic rings. The lowest BCUT2D eigenvalue weighted by Gasteiger charge is -2.22. The number of benzene rings is 1. The summed E-state index contributed by atoms with van der Waals surface area (Å²) in [5.41, 5.74) is 2.75. The Morgan fingerprint density at radius 3 is 2.80 bits per heavy atom. The van der Waals surface area contributed by atoms with Gasteiger partial charge in [0.05, 0.1) is 12.5 Å². The van der Waals surface area contributed by atoms with Crippen molar-refractivity contribution in [2.24, 2.45) is 5.92 Å². The lowest BCUT2D eigenvalue weighted by atomic mass is 9.87. The Bertz CT molecular complexity index is 510. The molecule has 20 heavy (non-hydrogen) atoms. The number of nitrogens with one attached hydrogen (secondary N) is 1. The third kappa shape index (κ3) is 2.34. The van der Waals surface area contributed by atoms with Crippen molar-refractivity contribution < 1.29 is 14.6 Å². The van der Waals surface area contributed by atoms with E-state index in [-0.39, 0.29) is 17.4 Å². The van der Waals surface area contributed by atoms with Crippen molar-refractivity contribution in [3.05, 3.63) is 35.4 Å². The van der Waals surface area contributed by atoms with Crippen LogP contribution in [0.3, 0.4) is 0 Å². The van der Waals surface area contributed by atoms with E-state index in [0.717, 1.165) is 19.4 Å². The number of methoxy groups -OCH3 is 1. The van der Waals surface area contributed by atoms with Crippen molar-refractivity contribution in [3.8, 4) is 0 Å². The first-order valence-electron chi connectivity index (χ1n) is 7.21. The lowest BCUT2D eigenvalue weighted by molar-refractivity contribution is -0.141. The van der Waals surface area contributed by atoms with Crippen LogP contribution < -0.4 is 5.32 Å². The summed E-state index contributed by atoms with van der Waals surface area (Å²) < 4.78 is 5.39. The van der Waals surface area contributed by atoms with Crippen LogP contribution in [0.25, 0.3) is 0 Å². The maximum absolute atomic E-state index is 11.1. The Morgan fingerprint density at radius 2 is 2.20 bits per heavy atom. The number of hydrogen-bond donors (Lipinski definition) is 2. The van der Waals surface area contributed by atoms with Crippen LogP contribution in [0.2, 0.25) is 0 Å². The summed E-state index contributed by atoms with van der Waals surface area (Å²) in [7, 11) is 1.75. The first kappa shape index (κ1) is 13.6. The van der Waals surface area contributed by atoms with Gasteiger partial charge < -0.3 is 15.2 Å². The molecule has 2 atom stereocenters. The molecule has 1 aliphatic carbocycles. The molecule has 0 bridgehead atoms. The van der Waals surface area contributed by atoms with Gasteiger partial charge in [0.15, 0.2) is 0 Å². The second kappa shape index (κ2) is 5.19. The van der Waals surface area contributed by atoms with Crippen molar-refractivity contribution >= 4 is 5.97 Å². The van der Waals surface area contributed by atoms with Gasteiger partial charge in [0, 0.05) is 25.1 Å². The van der Waals surface area contributed by atoms with E-state index in [4.69, 9.17) is 9.84 Å². The van der Waals surface area contributed by atoms with E-state index in [2.05, 4.69) is 23.5 Å². The monoisotopic (exact) mass is 275 g/mol. The minimum Gasteiger partial charge on any atom is -0.481 e. The molecule has 2 N–H and O–H groups in total. The van der Waals surface area contributed by atoms with Gasteiger partial charge in [0.2, 0.25) is 0 Å². The van der Waals surface area contributed by atoms with Gasteiger partial charge in [-0.3, -0.25) is 4.79 Å². The van der Waals surface area contributed by atoms with Gasteiger partial charge in [-0.15, -0.1) is 0 Å². The maximum atomic E-state index is 11.1. The van der Waals surface area contributed by atoms with Gasteiger partial charge in [0.25, 0.3) is 0 Å². The van der Waals surface area contributed by atoms with Crippen molar-refractivity contribution in [1.82, 2.24) is 5.32 Å². The van der Waals surface area contributed by atoms with Crippen LogP contribution in [-0.4, -0.2) is 31.3 Å². The standard InChI is InChI=1S/C16H21NO3/c1-20-10-16(6-7-16)13-5-3-2-4-12(13)14-8-11(9-17-14)15(18)19/h2-5,11,14,17H,6-10H2,1H3,(H,18,19). The molecule has 108 valence electrons. The van der Waals surface area contributed by atoms with E-state index >= 15 is 0 Å². The molecule has 1 aliphatic heterocycles. The molecule has 0 radical (unpaired) electrons. The Morgan fingerprint density at radius 1 is 1.45 bits per heavy atom. The molecule has 1 aromatic rings. The van der Waals surface area contributed by atoms with Crippen LogP contribution in [0.15, 0.2) is 24.3 Å². The van der Waals surface area contributed by atoms with Gasteiger partial charge in [0.1, 0.15) is 0 Å². The van der Waals surface area contributed by atoms with Crippen LogP contribution in [0.4, 0.5) is 0 Å². The molecule has 3 rings (SSSR count). The molecule has 1 aromatic carbocycles. The fraction of sp³-hybridized carbons (Fsp3) is 0.562. The Balaban J connectivity index is 1.86. The number of carboxylic acids is 1. The van der Waals surface area contributed by atoms with Gasteiger partial charge in [-0.1, -0.05) is 24.3 Å². The number of rotatable bonds is 5. The van der Waals surface area contributed by atoms with Crippen LogP contribution >= 0.6 is 0 Å². The number of aliphatic carboxylic acids is 1. The number of carbonyl (C=O) groups is 1. The predicted molar refractivity (Wildman–Crippen MR) is 75.7 cm³/mol. The van der Waals surface area contributed by atoms with Crippen molar-refractivity contribution in [2.45, 2.75) is 30.7 Å². The maximum Gasteiger partial charge on any atom is 0.307 e. The summed E-state index contributed by atoms with van der Waals surface area (Å²) in [4.78, 5) is 11.1. The fourth-order valence-electron chi connectivity index (χ4n) is 3.36. The Kier molecular flexibility index (Phi) is 3.52. The zero-order chi connectivity index (χ0) is 14.2. The van der Waals surface area contributed by atoms with Gasteiger partial charge in [-0.2, -0.15) is 0 Å². The quantitative estimate of drug-likeness (QED) is 0.864. The molecular formula is C16H21NO3. The normalized spacial score (nSPS) is 27.4. The SMILES string of the molecule is COCC1(c2ccccc2C2CC(C(=O)O)CN2)CC1. The van der Waals surface area contributed by atoms with E-state index in [1.54, 1.807) is 7.11 Å². The summed E-state index contributed by atoms with van der Waals surface area (Å²) >= 11 is 0. The molecule has 4 nitrogen and oxygen atoms in total. The second-order valence-electron chi connectivity index (χ2n) is 6.03. The zero-order valence-corrected chi connectivity index (χ0v) is 11.8. The highest BCUT2D eigenvalue weighted by Gasteiger charge is 2.46. The molecule has 0 aromatic heterocycles. The predicted octanol–water partition coefficient (Wildman–Crippen LogP) is 2.10. The first-order chi connectivity index (χ1) is 9.66. The number of carboxylic acid groups (broad SMARTS) is 1. The average Bonchev–Trinajstić information content (AvgIpc) is 3.05. The Labute approximate surface area is 119 Å². The largest absolute Gasteiger partial charge is 0.481 e. The zero-order valence-electron chi connectivity index (χ0n) is 11.8. The van der Waals surface area contributed by atoms with Gasteiger partial charge >= 0.3 is 5.97 Å². The fourth-order valence-corrected chi connectivity index (χ4v) is 3.36. The summed E-state index contributed by atoms with van der Waals surface area (Å²) in [6.45, 7) is 1.31. The molecule has 2 unspecified atom stereocenters. The second-order valence-corrected chi connectivity index (χ2v) is 6.03. The van der Waals surface area contributed by atoms with E-state index in [1.165, 1.54) is 11.1 Å². The summed E-state index contributed by atoms with van der Waals surface area (Å²) in [5, 5.41) is 12.5. The van der Waals surface area contributed by atoms with E-state index < -0.39 is 5.97 Å².